The van der Waals surface area contributed by atoms with Crippen molar-refractivity contribution in [1.82, 2.24) is 0 Å². The number of halogens is 3. The van der Waals surface area contributed by atoms with Gasteiger partial charge in [0.05, 0.1) is 6.61 Å². The average molecular weight is 221 g/mol. The molecule has 0 aliphatic heterocycles. The first-order valence-corrected chi connectivity index (χ1v) is 4.81. The Bertz CT molecular complexity index is 284. The van der Waals surface area contributed by atoms with Crippen molar-refractivity contribution in [2.45, 2.75) is 6.92 Å². The third-order valence-electron chi connectivity index (χ3n) is 1.69. The Morgan fingerprint density at radius 3 is 2.43 bits per heavy atom. The molecular formula is C10H11ClF2O. The number of hydrogen-bond donors (Lipinski definition) is 0. The lowest BCUT2D eigenvalue weighted by atomic mass is 10.2. The van der Waals surface area contributed by atoms with Gasteiger partial charge in [-0.1, -0.05) is 13.0 Å². The van der Waals surface area contributed by atoms with Crippen molar-refractivity contribution in [2.24, 2.45) is 5.92 Å². The summed E-state index contributed by atoms with van der Waals surface area (Å²) in [7, 11) is 0. The van der Waals surface area contributed by atoms with Gasteiger partial charge in [-0.3, -0.25) is 0 Å². The molecule has 1 aromatic rings. The lowest BCUT2D eigenvalue weighted by Crippen LogP contribution is -2.11. The van der Waals surface area contributed by atoms with E-state index in [0.717, 1.165) is 12.1 Å². The SMILES string of the molecule is CC(CCl)COc1c(F)cccc1F. The van der Waals surface area contributed by atoms with Gasteiger partial charge in [-0.15, -0.1) is 11.6 Å². The highest BCUT2D eigenvalue weighted by molar-refractivity contribution is 6.18. The molecule has 0 N–H and O–H groups in total. The average Bonchev–Trinajstić information content (AvgIpc) is 2.16. The maximum absolute atomic E-state index is 13.0. The second-order valence-electron chi connectivity index (χ2n) is 3.12. The van der Waals surface area contributed by atoms with Crippen LogP contribution in [-0.2, 0) is 0 Å². The van der Waals surface area contributed by atoms with E-state index in [-0.39, 0.29) is 18.3 Å². The van der Waals surface area contributed by atoms with E-state index in [1.54, 1.807) is 0 Å². The molecule has 0 heterocycles. The molecule has 0 aliphatic carbocycles. The van der Waals surface area contributed by atoms with Crippen molar-refractivity contribution >= 4 is 11.6 Å². The van der Waals surface area contributed by atoms with E-state index in [1.807, 2.05) is 6.92 Å². The summed E-state index contributed by atoms with van der Waals surface area (Å²) < 4.78 is 31.0. The summed E-state index contributed by atoms with van der Waals surface area (Å²) in [6.45, 7) is 2.05. The molecule has 1 atom stereocenters. The van der Waals surface area contributed by atoms with Crippen molar-refractivity contribution in [3.63, 3.8) is 0 Å². The predicted octanol–water partition coefficient (Wildman–Crippen LogP) is 3.22. The van der Waals surface area contributed by atoms with Gasteiger partial charge in [0.1, 0.15) is 0 Å². The van der Waals surface area contributed by atoms with Crippen molar-refractivity contribution in [3.05, 3.63) is 29.8 Å². The van der Waals surface area contributed by atoms with Crippen LogP contribution in [0.3, 0.4) is 0 Å². The molecule has 0 saturated carbocycles. The third kappa shape index (κ3) is 2.84. The van der Waals surface area contributed by atoms with Gasteiger partial charge < -0.3 is 4.74 Å². The van der Waals surface area contributed by atoms with Gasteiger partial charge in [0, 0.05) is 11.8 Å². The molecule has 0 spiro atoms. The van der Waals surface area contributed by atoms with E-state index < -0.39 is 11.6 Å². The Morgan fingerprint density at radius 1 is 1.36 bits per heavy atom. The smallest absolute Gasteiger partial charge is 0.190 e. The molecule has 1 unspecified atom stereocenters. The number of para-hydroxylation sites is 1. The quantitative estimate of drug-likeness (QED) is 0.708. The fraction of sp³-hybridized carbons (Fsp3) is 0.400. The van der Waals surface area contributed by atoms with Crippen molar-refractivity contribution in [3.8, 4) is 5.75 Å². The number of alkyl halides is 1. The van der Waals surface area contributed by atoms with Crippen LogP contribution >= 0.6 is 11.6 Å². The Hall–Kier alpha value is -0.830. The molecule has 4 heteroatoms. The van der Waals surface area contributed by atoms with Gasteiger partial charge in [0.15, 0.2) is 17.4 Å². The predicted molar refractivity (Wildman–Crippen MR) is 51.7 cm³/mol. The van der Waals surface area contributed by atoms with E-state index in [4.69, 9.17) is 16.3 Å². The highest BCUT2D eigenvalue weighted by Crippen LogP contribution is 2.21. The summed E-state index contributed by atoms with van der Waals surface area (Å²) in [5.41, 5.74) is 0. The minimum absolute atomic E-state index is 0.0654. The van der Waals surface area contributed by atoms with E-state index in [1.165, 1.54) is 6.07 Å². The molecule has 0 radical (unpaired) electrons. The number of hydrogen-bond acceptors (Lipinski definition) is 1. The number of ether oxygens (including phenoxy) is 1. The fourth-order valence-corrected chi connectivity index (χ4v) is 0.980. The standard InChI is InChI=1S/C10H11ClF2O/c1-7(5-11)6-14-10-8(12)3-2-4-9(10)13/h2-4,7H,5-6H2,1H3. The van der Waals surface area contributed by atoms with Crippen molar-refractivity contribution in [2.75, 3.05) is 12.5 Å². The third-order valence-corrected chi connectivity index (χ3v) is 2.22. The minimum atomic E-state index is -0.688. The molecule has 0 bridgehead atoms. The van der Waals surface area contributed by atoms with Crippen LogP contribution in [0.15, 0.2) is 18.2 Å². The molecule has 0 aliphatic rings. The molecule has 1 nitrogen and oxygen atoms in total. The van der Waals surface area contributed by atoms with Crippen LogP contribution in [0.5, 0.6) is 5.75 Å². The Kier molecular flexibility index (Phi) is 4.14. The summed E-state index contributed by atoms with van der Waals surface area (Å²) in [5, 5.41) is 0. The first-order valence-electron chi connectivity index (χ1n) is 4.28. The van der Waals surface area contributed by atoms with Gasteiger partial charge >= 0.3 is 0 Å². The van der Waals surface area contributed by atoms with E-state index in [9.17, 15) is 8.78 Å². The summed E-state index contributed by atoms with van der Waals surface area (Å²) >= 11 is 5.53. The van der Waals surface area contributed by atoms with Crippen LogP contribution in [0.2, 0.25) is 0 Å². The topological polar surface area (TPSA) is 9.23 Å². The van der Waals surface area contributed by atoms with E-state index >= 15 is 0 Å². The normalized spacial score (nSPS) is 12.6. The molecule has 0 aromatic heterocycles. The zero-order valence-corrected chi connectivity index (χ0v) is 8.52. The van der Waals surface area contributed by atoms with Crippen LogP contribution in [0, 0.1) is 17.6 Å². The summed E-state index contributed by atoms with van der Waals surface area (Å²) in [4.78, 5) is 0. The highest BCUT2D eigenvalue weighted by atomic mass is 35.5. The zero-order chi connectivity index (χ0) is 10.6. The molecule has 14 heavy (non-hydrogen) atoms. The first-order chi connectivity index (χ1) is 6.65. The minimum Gasteiger partial charge on any atom is -0.487 e. The lowest BCUT2D eigenvalue weighted by molar-refractivity contribution is 0.248. The Morgan fingerprint density at radius 2 is 1.93 bits per heavy atom. The van der Waals surface area contributed by atoms with Gasteiger partial charge in [-0.25, -0.2) is 8.78 Å². The summed E-state index contributed by atoms with van der Waals surface area (Å²) in [6.07, 6.45) is 0. The van der Waals surface area contributed by atoms with E-state index in [2.05, 4.69) is 0 Å². The molecule has 78 valence electrons. The van der Waals surface area contributed by atoms with Crippen LogP contribution in [0.25, 0.3) is 0 Å². The maximum Gasteiger partial charge on any atom is 0.190 e. The van der Waals surface area contributed by atoms with Gasteiger partial charge in [-0.05, 0) is 12.1 Å². The van der Waals surface area contributed by atoms with Gasteiger partial charge in [-0.2, -0.15) is 0 Å². The van der Waals surface area contributed by atoms with Crippen molar-refractivity contribution in [1.29, 1.82) is 0 Å². The van der Waals surface area contributed by atoms with Crippen LogP contribution in [-0.4, -0.2) is 12.5 Å². The molecule has 1 aromatic carbocycles. The van der Waals surface area contributed by atoms with Crippen LogP contribution in [0.4, 0.5) is 8.78 Å². The second-order valence-corrected chi connectivity index (χ2v) is 3.43. The zero-order valence-electron chi connectivity index (χ0n) is 7.77. The van der Waals surface area contributed by atoms with Crippen molar-refractivity contribution < 1.29 is 13.5 Å². The highest BCUT2D eigenvalue weighted by Gasteiger charge is 2.10. The van der Waals surface area contributed by atoms with Gasteiger partial charge in [0.25, 0.3) is 0 Å². The summed E-state index contributed by atoms with van der Waals surface area (Å²) in [5.74, 6) is -1.24. The molecule has 0 fully saturated rings. The second kappa shape index (κ2) is 5.15. The number of rotatable bonds is 4. The monoisotopic (exact) mass is 220 g/mol. The number of benzene rings is 1. The Labute approximate surface area is 86.6 Å². The van der Waals surface area contributed by atoms with Crippen LogP contribution in [0.1, 0.15) is 6.92 Å². The fourth-order valence-electron chi connectivity index (χ4n) is 0.891. The Balaban J connectivity index is 2.66. The lowest BCUT2D eigenvalue weighted by Gasteiger charge is -2.11. The molecule has 0 saturated heterocycles. The van der Waals surface area contributed by atoms with Crippen LogP contribution < -0.4 is 4.74 Å². The maximum atomic E-state index is 13.0. The first kappa shape index (κ1) is 11.2. The summed E-state index contributed by atoms with van der Waals surface area (Å²) in [6, 6.07) is 3.61. The largest absolute Gasteiger partial charge is 0.487 e. The van der Waals surface area contributed by atoms with Gasteiger partial charge in [0.2, 0.25) is 0 Å². The molecule has 1 rings (SSSR count). The molecular weight excluding hydrogens is 210 g/mol. The molecule has 0 amide bonds. The van der Waals surface area contributed by atoms with E-state index in [0.29, 0.717) is 5.88 Å².